The van der Waals surface area contributed by atoms with Gasteiger partial charge in [0.2, 0.25) is 0 Å². The minimum Gasteiger partial charge on any atom is -0.462 e. The Morgan fingerprint density at radius 2 is 0.656 bits per heavy atom. The molecule has 0 aromatic heterocycles. The van der Waals surface area contributed by atoms with Crippen molar-refractivity contribution in [2.24, 2.45) is 0 Å². The SMILES string of the molecule is CC/C=C\C/C=C\C/C=C\C/C=C\C/C=C\CCCC(=O)OC[C@H](COC(=O)CCCCCCC/C=C\CCCC)OC(=O)CCCCCCC/C=C\C/C=C\C/C=C\CC. The van der Waals surface area contributed by atoms with Gasteiger partial charge in [-0.2, -0.15) is 0 Å². The van der Waals surface area contributed by atoms with Crippen LogP contribution in [-0.4, -0.2) is 37.2 Å². The highest BCUT2D eigenvalue weighted by Gasteiger charge is 2.19. The largest absolute Gasteiger partial charge is 0.462 e. The van der Waals surface area contributed by atoms with Crippen LogP contribution in [0.2, 0.25) is 0 Å². The summed E-state index contributed by atoms with van der Waals surface area (Å²) in [6.07, 6.45) is 65.0. The molecule has 0 fully saturated rings. The van der Waals surface area contributed by atoms with Crippen LogP contribution in [0.1, 0.15) is 201 Å². The highest BCUT2D eigenvalue weighted by atomic mass is 16.6. The van der Waals surface area contributed by atoms with E-state index in [1.807, 2.05) is 0 Å². The minimum absolute atomic E-state index is 0.110. The maximum atomic E-state index is 12.8. The maximum absolute atomic E-state index is 12.8. The molecule has 61 heavy (non-hydrogen) atoms. The van der Waals surface area contributed by atoms with Crippen LogP contribution >= 0.6 is 0 Å². The van der Waals surface area contributed by atoms with Crippen LogP contribution in [0.25, 0.3) is 0 Å². The number of unbranched alkanes of at least 4 members (excludes halogenated alkanes) is 13. The Balaban J connectivity index is 4.53. The van der Waals surface area contributed by atoms with Crippen LogP contribution < -0.4 is 0 Å². The van der Waals surface area contributed by atoms with Crippen molar-refractivity contribution in [3.05, 3.63) is 109 Å². The lowest BCUT2D eigenvalue weighted by molar-refractivity contribution is -0.167. The first-order chi connectivity index (χ1) is 30.0. The van der Waals surface area contributed by atoms with E-state index in [0.717, 1.165) is 128 Å². The molecule has 0 aliphatic carbocycles. The minimum atomic E-state index is -0.814. The van der Waals surface area contributed by atoms with Gasteiger partial charge in [-0.15, -0.1) is 0 Å². The second kappa shape index (κ2) is 48.7. The Labute approximate surface area is 374 Å². The van der Waals surface area contributed by atoms with Crippen LogP contribution in [0.4, 0.5) is 0 Å². The Kier molecular flexibility index (Phi) is 45.6. The molecule has 0 unspecified atom stereocenters. The average molecular weight is 845 g/mol. The second-order valence-corrected chi connectivity index (χ2v) is 15.6. The third-order valence-corrected chi connectivity index (χ3v) is 9.74. The average Bonchev–Trinajstić information content (AvgIpc) is 3.26. The number of ether oxygens (including phenoxy) is 3. The summed E-state index contributed by atoms with van der Waals surface area (Å²) >= 11 is 0. The maximum Gasteiger partial charge on any atom is 0.306 e. The Morgan fingerprint density at radius 1 is 0.344 bits per heavy atom. The molecule has 0 amide bonds. The number of carbonyl (C=O) groups excluding carboxylic acids is 3. The van der Waals surface area contributed by atoms with Gasteiger partial charge in [0.25, 0.3) is 0 Å². The summed E-state index contributed by atoms with van der Waals surface area (Å²) in [5.41, 5.74) is 0. The highest BCUT2D eigenvalue weighted by molar-refractivity contribution is 5.71. The van der Waals surface area contributed by atoms with Gasteiger partial charge in [0, 0.05) is 19.3 Å². The Hall–Kier alpha value is -3.93. The zero-order chi connectivity index (χ0) is 44.4. The third kappa shape index (κ3) is 47.0. The van der Waals surface area contributed by atoms with E-state index in [9.17, 15) is 14.4 Å². The summed E-state index contributed by atoms with van der Waals surface area (Å²) in [4.78, 5) is 37.9. The number of carbonyl (C=O) groups is 3. The zero-order valence-electron chi connectivity index (χ0n) is 39.1. The molecule has 0 heterocycles. The third-order valence-electron chi connectivity index (χ3n) is 9.74. The highest BCUT2D eigenvalue weighted by Crippen LogP contribution is 2.12. The normalized spacial score (nSPS) is 13.0. The van der Waals surface area contributed by atoms with Crippen molar-refractivity contribution >= 4 is 17.9 Å². The number of hydrogen-bond acceptors (Lipinski definition) is 6. The van der Waals surface area contributed by atoms with Gasteiger partial charge in [-0.3, -0.25) is 14.4 Å². The van der Waals surface area contributed by atoms with E-state index < -0.39 is 6.10 Å². The summed E-state index contributed by atoms with van der Waals surface area (Å²) < 4.78 is 16.7. The van der Waals surface area contributed by atoms with Crippen LogP contribution in [0.15, 0.2) is 109 Å². The molecule has 0 saturated carbocycles. The van der Waals surface area contributed by atoms with Gasteiger partial charge in [0.15, 0.2) is 6.10 Å². The molecule has 1 atom stereocenters. The van der Waals surface area contributed by atoms with Crippen molar-refractivity contribution in [2.45, 2.75) is 207 Å². The number of hydrogen-bond donors (Lipinski definition) is 0. The molecular weight excluding hydrogens is 757 g/mol. The monoisotopic (exact) mass is 845 g/mol. The van der Waals surface area contributed by atoms with Crippen molar-refractivity contribution in [3.63, 3.8) is 0 Å². The molecule has 0 rings (SSSR count). The smallest absolute Gasteiger partial charge is 0.306 e. The quantitative estimate of drug-likeness (QED) is 0.0264. The summed E-state index contributed by atoms with van der Waals surface area (Å²) in [6, 6.07) is 0. The molecule has 0 saturated heterocycles. The summed E-state index contributed by atoms with van der Waals surface area (Å²) in [7, 11) is 0. The molecule has 0 aliphatic rings. The molecule has 0 aromatic rings. The van der Waals surface area contributed by atoms with E-state index in [4.69, 9.17) is 14.2 Å². The van der Waals surface area contributed by atoms with Gasteiger partial charge in [-0.25, -0.2) is 0 Å². The fraction of sp³-hybridized carbons (Fsp3) is 0.618. The summed E-state index contributed by atoms with van der Waals surface area (Å²) in [6.45, 7) is 6.28. The van der Waals surface area contributed by atoms with Crippen LogP contribution in [0.5, 0.6) is 0 Å². The molecule has 0 aromatic carbocycles. The van der Waals surface area contributed by atoms with Crippen molar-refractivity contribution in [1.29, 1.82) is 0 Å². The lowest BCUT2D eigenvalue weighted by Crippen LogP contribution is -2.30. The van der Waals surface area contributed by atoms with Crippen LogP contribution in [0, 0.1) is 0 Å². The van der Waals surface area contributed by atoms with E-state index in [2.05, 4.69) is 130 Å². The number of esters is 3. The molecule has 0 radical (unpaired) electrons. The predicted molar refractivity (Wildman–Crippen MR) is 260 cm³/mol. The Bertz CT molecular complexity index is 1290. The van der Waals surface area contributed by atoms with Gasteiger partial charge in [0.05, 0.1) is 0 Å². The van der Waals surface area contributed by atoms with Crippen molar-refractivity contribution in [3.8, 4) is 0 Å². The predicted octanol–water partition coefficient (Wildman–Crippen LogP) is 16.0. The molecule has 0 spiro atoms. The molecule has 344 valence electrons. The van der Waals surface area contributed by atoms with Gasteiger partial charge in [0.1, 0.15) is 13.2 Å². The molecule has 0 aliphatic heterocycles. The number of rotatable bonds is 42. The van der Waals surface area contributed by atoms with Crippen molar-refractivity contribution < 1.29 is 28.6 Å². The lowest BCUT2D eigenvalue weighted by Gasteiger charge is -2.18. The van der Waals surface area contributed by atoms with E-state index in [-0.39, 0.29) is 37.5 Å². The molecular formula is C55H88O6. The first kappa shape index (κ1) is 57.1. The van der Waals surface area contributed by atoms with Gasteiger partial charge in [-0.05, 0) is 109 Å². The first-order valence-corrected chi connectivity index (χ1v) is 24.4. The summed E-state index contributed by atoms with van der Waals surface area (Å²) in [5.74, 6) is -1.01. The fourth-order valence-corrected chi connectivity index (χ4v) is 6.12. The Morgan fingerprint density at radius 3 is 1.08 bits per heavy atom. The van der Waals surface area contributed by atoms with Crippen molar-refractivity contribution in [2.75, 3.05) is 13.2 Å². The summed E-state index contributed by atoms with van der Waals surface area (Å²) in [5, 5.41) is 0. The van der Waals surface area contributed by atoms with Crippen molar-refractivity contribution in [1.82, 2.24) is 0 Å². The van der Waals surface area contributed by atoms with Gasteiger partial charge in [-0.1, -0.05) is 182 Å². The standard InChI is InChI=1S/C55H88O6/c1-4-7-10-13-16-19-22-24-26-27-29-30-33-36-39-42-45-48-54(57)60-51-52(50-59-53(56)47-44-41-38-35-32-21-18-15-12-9-6-3)61-55(58)49-46-43-40-37-34-31-28-25-23-20-17-14-11-8-5-2/h7-8,10-11,15-20,24-26,28-30,36,39,52H,4-6,9,12-14,21-23,27,31-35,37-38,40-51H2,1-3H3/b10-7-,11-8-,18-15-,19-16-,20-17-,26-24-,28-25-,30-29-,39-36-/t52-/m0/s1. The first-order valence-electron chi connectivity index (χ1n) is 24.4. The molecule has 6 nitrogen and oxygen atoms in total. The van der Waals surface area contributed by atoms with Gasteiger partial charge < -0.3 is 14.2 Å². The van der Waals surface area contributed by atoms with E-state index in [1.54, 1.807) is 0 Å². The molecule has 6 heteroatoms. The molecule has 0 N–H and O–H groups in total. The van der Waals surface area contributed by atoms with Crippen LogP contribution in [0.3, 0.4) is 0 Å². The van der Waals surface area contributed by atoms with Crippen LogP contribution in [-0.2, 0) is 28.6 Å². The van der Waals surface area contributed by atoms with E-state index >= 15 is 0 Å². The number of allylic oxidation sites excluding steroid dienone is 18. The lowest BCUT2D eigenvalue weighted by atomic mass is 10.1. The van der Waals surface area contributed by atoms with Gasteiger partial charge >= 0.3 is 17.9 Å². The zero-order valence-corrected chi connectivity index (χ0v) is 39.1. The fourth-order valence-electron chi connectivity index (χ4n) is 6.12. The second-order valence-electron chi connectivity index (χ2n) is 15.6. The molecule has 0 bridgehead atoms. The topological polar surface area (TPSA) is 78.9 Å². The van der Waals surface area contributed by atoms with E-state index in [0.29, 0.717) is 19.3 Å². The van der Waals surface area contributed by atoms with E-state index in [1.165, 1.54) is 25.7 Å².